The number of primary amides is 1. The van der Waals surface area contributed by atoms with E-state index in [4.69, 9.17) is 5.73 Å². The Kier molecular flexibility index (Phi) is 5.06. The fourth-order valence-electron chi connectivity index (χ4n) is 3.85. The number of aromatic nitrogens is 2. The first-order chi connectivity index (χ1) is 11.5. The van der Waals surface area contributed by atoms with Gasteiger partial charge >= 0.3 is 6.03 Å². The number of nitrogens with two attached hydrogens (primary N) is 1. The van der Waals surface area contributed by atoms with Crippen LogP contribution in [0.4, 0.5) is 4.79 Å². The Balaban J connectivity index is 1.50. The first kappa shape index (κ1) is 16.8. The third-order valence-corrected chi connectivity index (χ3v) is 5.39. The summed E-state index contributed by atoms with van der Waals surface area (Å²) in [4.78, 5) is 31.9. The smallest absolute Gasteiger partial charge is 0.314 e. The number of nitrogens with zero attached hydrogens (tertiary/aromatic N) is 4. The Bertz CT molecular complexity index is 592. The molecule has 3 heterocycles. The number of hydrogen-bond acceptors (Lipinski definition) is 3. The van der Waals surface area contributed by atoms with E-state index >= 15 is 0 Å². The van der Waals surface area contributed by atoms with Gasteiger partial charge in [0, 0.05) is 45.1 Å². The quantitative estimate of drug-likeness (QED) is 0.902. The third-order valence-electron chi connectivity index (χ3n) is 5.39. The number of imidazole rings is 1. The van der Waals surface area contributed by atoms with Gasteiger partial charge in [-0.05, 0) is 38.5 Å². The van der Waals surface area contributed by atoms with E-state index in [2.05, 4.69) is 9.55 Å². The summed E-state index contributed by atoms with van der Waals surface area (Å²) in [5.74, 6) is 1.74. The van der Waals surface area contributed by atoms with E-state index in [0.717, 1.165) is 51.1 Å². The molecule has 0 unspecified atom stereocenters. The average molecular weight is 333 g/mol. The number of carbonyl (C=O) groups excluding carboxylic acids is 2. The number of rotatable bonds is 3. The molecule has 132 valence electrons. The predicted molar refractivity (Wildman–Crippen MR) is 90.1 cm³/mol. The maximum Gasteiger partial charge on any atom is 0.314 e. The van der Waals surface area contributed by atoms with Crippen molar-refractivity contribution in [1.29, 1.82) is 0 Å². The molecule has 1 aromatic heterocycles. The van der Waals surface area contributed by atoms with E-state index in [0.29, 0.717) is 19.0 Å². The SMILES string of the molecule is Cc1nccn1CC1CCN(C(=O)[C@@H]2CCCN(C(N)=O)C2)CC1. The fraction of sp³-hybridized carbons (Fsp3) is 0.706. The first-order valence-corrected chi connectivity index (χ1v) is 8.85. The van der Waals surface area contributed by atoms with Gasteiger partial charge in [-0.15, -0.1) is 0 Å². The molecule has 3 rings (SSSR count). The van der Waals surface area contributed by atoms with Crippen LogP contribution in [0.3, 0.4) is 0 Å². The van der Waals surface area contributed by atoms with Crippen LogP contribution >= 0.6 is 0 Å². The second-order valence-corrected chi connectivity index (χ2v) is 7.02. The van der Waals surface area contributed by atoms with Crippen LogP contribution < -0.4 is 5.73 Å². The zero-order valence-electron chi connectivity index (χ0n) is 14.4. The van der Waals surface area contributed by atoms with Crippen LogP contribution in [0.1, 0.15) is 31.5 Å². The number of aryl methyl sites for hydroxylation is 1. The van der Waals surface area contributed by atoms with Crippen LogP contribution in [0.25, 0.3) is 0 Å². The Labute approximate surface area is 142 Å². The van der Waals surface area contributed by atoms with Gasteiger partial charge in [0.05, 0.1) is 5.92 Å². The van der Waals surface area contributed by atoms with E-state index in [1.165, 1.54) is 0 Å². The number of hydrogen-bond donors (Lipinski definition) is 1. The second kappa shape index (κ2) is 7.23. The summed E-state index contributed by atoms with van der Waals surface area (Å²) in [6.07, 6.45) is 7.62. The molecule has 0 spiro atoms. The van der Waals surface area contributed by atoms with Crippen molar-refractivity contribution in [2.45, 2.75) is 39.2 Å². The highest BCUT2D eigenvalue weighted by Crippen LogP contribution is 2.24. The second-order valence-electron chi connectivity index (χ2n) is 7.02. The van der Waals surface area contributed by atoms with Crippen molar-refractivity contribution in [3.05, 3.63) is 18.2 Å². The van der Waals surface area contributed by atoms with Crippen LogP contribution in [0.2, 0.25) is 0 Å². The standard InChI is InChI=1S/C17H27N5O2/c1-13-19-6-10-21(13)11-14-4-8-20(9-5-14)16(23)15-3-2-7-22(12-15)17(18)24/h6,10,14-15H,2-5,7-9,11-12H2,1H3,(H2,18,24)/t15-/m1/s1. The fourth-order valence-corrected chi connectivity index (χ4v) is 3.85. The van der Waals surface area contributed by atoms with Crippen molar-refractivity contribution in [3.63, 3.8) is 0 Å². The van der Waals surface area contributed by atoms with Crippen LogP contribution in [-0.4, -0.2) is 57.5 Å². The minimum Gasteiger partial charge on any atom is -0.351 e. The minimum absolute atomic E-state index is 0.0845. The van der Waals surface area contributed by atoms with Crippen molar-refractivity contribution in [1.82, 2.24) is 19.4 Å². The molecule has 3 amide bonds. The number of likely N-dealkylation sites (tertiary alicyclic amines) is 2. The zero-order valence-corrected chi connectivity index (χ0v) is 14.4. The monoisotopic (exact) mass is 333 g/mol. The number of piperidine rings is 2. The molecule has 0 radical (unpaired) electrons. The van der Waals surface area contributed by atoms with Crippen molar-refractivity contribution in [2.24, 2.45) is 17.6 Å². The molecule has 2 fully saturated rings. The number of urea groups is 1. The van der Waals surface area contributed by atoms with Gasteiger partial charge in [0.2, 0.25) is 5.91 Å². The highest BCUT2D eigenvalue weighted by Gasteiger charge is 2.32. The molecular formula is C17H27N5O2. The number of amides is 3. The van der Waals surface area contributed by atoms with Crippen LogP contribution in [-0.2, 0) is 11.3 Å². The predicted octanol–water partition coefficient (Wildman–Crippen LogP) is 1.22. The van der Waals surface area contributed by atoms with Gasteiger partial charge in [-0.2, -0.15) is 0 Å². The zero-order chi connectivity index (χ0) is 17.1. The normalized spacial score (nSPS) is 22.6. The summed E-state index contributed by atoms with van der Waals surface area (Å²) in [7, 11) is 0. The summed E-state index contributed by atoms with van der Waals surface area (Å²) in [5, 5.41) is 0. The lowest BCUT2D eigenvalue weighted by atomic mass is 9.92. The topological polar surface area (TPSA) is 84.5 Å². The molecule has 2 saturated heterocycles. The summed E-state index contributed by atoms with van der Waals surface area (Å²) in [6.45, 7) is 5.77. The maximum atomic E-state index is 12.7. The third kappa shape index (κ3) is 3.71. The Morgan fingerprint density at radius 1 is 1.21 bits per heavy atom. The minimum atomic E-state index is -0.415. The van der Waals surface area contributed by atoms with Crippen molar-refractivity contribution in [2.75, 3.05) is 26.2 Å². The summed E-state index contributed by atoms with van der Waals surface area (Å²) >= 11 is 0. The lowest BCUT2D eigenvalue weighted by molar-refractivity contribution is -0.138. The van der Waals surface area contributed by atoms with Gasteiger partial charge in [-0.25, -0.2) is 9.78 Å². The van der Waals surface area contributed by atoms with Crippen molar-refractivity contribution in [3.8, 4) is 0 Å². The molecule has 1 aromatic rings. The Morgan fingerprint density at radius 2 is 1.96 bits per heavy atom. The van der Waals surface area contributed by atoms with Crippen molar-refractivity contribution < 1.29 is 9.59 Å². The molecular weight excluding hydrogens is 306 g/mol. The lowest BCUT2D eigenvalue weighted by Crippen LogP contribution is -2.49. The van der Waals surface area contributed by atoms with Gasteiger partial charge in [-0.1, -0.05) is 0 Å². The molecule has 2 N–H and O–H groups in total. The number of carbonyl (C=O) groups is 2. The highest BCUT2D eigenvalue weighted by atomic mass is 16.2. The maximum absolute atomic E-state index is 12.7. The molecule has 7 heteroatoms. The van der Waals surface area contributed by atoms with Gasteiger partial charge in [0.15, 0.2) is 0 Å². The lowest BCUT2D eigenvalue weighted by Gasteiger charge is -2.37. The van der Waals surface area contributed by atoms with Crippen LogP contribution in [0, 0.1) is 18.8 Å². The first-order valence-electron chi connectivity index (χ1n) is 8.85. The van der Waals surface area contributed by atoms with Gasteiger partial charge in [0.1, 0.15) is 5.82 Å². The summed E-state index contributed by atoms with van der Waals surface area (Å²) in [5.41, 5.74) is 5.36. The summed E-state index contributed by atoms with van der Waals surface area (Å²) in [6, 6.07) is -0.415. The largest absolute Gasteiger partial charge is 0.351 e. The molecule has 1 atom stereocenters. The Hall–Kier alpha value is -2.05. The molecule has 2 aliphatic heterocycles. The van der Waals surface area contributed by atoms with E-state index in [1.807, 2.05) is 24.2 Å². The molecule has 0 bridgehead atoms. The van der Waals surface area contributed by atoms with Gasteiger partial charge < -0.3 is 20.1 Å². The molecule has 0 saturated carbocycles. The van der Waals surface area contributed by atoms with Crippen LogP contribution in [0.15, 0.2) is 12.4 Å². The van der Waals surface area contributed by atoms with Gasteiger partial charge in [0.25, 0.3) is 0 Å². The van der Waals surface area contributed by atoms with Crippen LogP contribution in [0.5, 0.6) is 0 Å². The average Bonchev–Trinajstić information content (AvgIpc) is 3.00. The molecule has 7 nitrogen and oxygen atoms in total. The molecule has 24 heavy (non-hydrogen) atoms. The molecule has 0 aromatic carbocycles. The Morgan fingerprint density at radius 3 is 2.58 bits per heavy atom. The van der Waals surface area contributed by atoms with Crippen molar-refractivity contribution >= 4 is 11.9 Å². The summed E-state index contributed by atoms with van der Waals surface area (Å²) < 4.78 is 2.19. The van der Waals surface area contributed by atoms with E-state index in [9.17, 15) is 9.59 Å². The van der Waals surface area contributed by atoms with E-state index < -0.39 is 6.03 Å². The van der Waals surface area contributed by atoms with E-state index in [-0.39, 0.29) is 11.8 Å². The molecule has 0 aliphatic carbocycles. The molecule has 2 aliphatic rings. The highest BCUT2D eigenvalue weighted by molar-refractivity contribution is 5.80. The van der Waals surface area contributed by atoms with Gasteiger partial charge in [-0.3, -0.25) is 4.79 Å². The van der Waals surface area contributed by atoms with E-state index in [1.54, 1.807) is 4.90 Å².